The highest BCUT2D eigenvalue weighted by Gasteiger charge is 2.33. The van der Waals surface area contributed by atoms with Gasteiger partial charge in [0.1, 0.15) is 4.93 Å². The number of thioether (sulfide) groups is 1. The zero-order valence-corrected chi connectivity index (χ0v) is 10.1. The van der Waals surface area contributed by atoms with Crippen molar-refractivity contribution < 1.29 is 4.74 Å². The molecule has 1 heterocycles. The maximum Gasteiger partial charge on any atom is 0.137 e. The van der Waals surface area contributed by atoms with Crippen LogP contribution in [0.5, 0.6) is 0 Å². The average Bonchev–Trinajstić information content (AvgIpc) is 2.77. The standard InChI is InChI=1S/C14H14OS/c1-14(15-9-10-16-14)13-8-4-6-11-5-2-3-7-12(11)13/h2-8H,9-10H2,1H3. The van der Waals surface area contributed by atoms with Crippen molar-refractivity contribution in [2.24, 2.45) is 0 Å². The summed E-state index contributed by atoms with van der Waals surface area (Å²) >= 11 is 1.89. The first-order valence-electron chi connectivity index (χ1n) is 5.56. The van der Waals surface area contributed by atoms with Crippen LogP contribution in [0, 0.1) is 0 Å². The summed E-state index contributed by atoms with van der Waals surface area (Å²) in [6.45, 7) is 3.02. The van der Waals surface area contributed by atoms with Crippen LogP contribution >= 0.6 is 11.8 Å². The Morgan fingerprint density at radius 1 is 1.12 bits per heavy atom. The Hall–Kier alpha value is -0.990. The van der Waals surface area contributed by atoms with E-state index in [1.165, 1.54) is 16.3 Å². The first-order chi connectivity index (χ1) is 7.80. The summed E-state index contributed by atoms with van der Waals surface area (Å²) in [6.07, 6.45) is 0. The second-order valence-corrected chi connectivity index (χ2v) is 5.65. The molecular formula is C14H14OS. The van der Waals surface area contributed by atoms with Crippen LogP contribution < -0.4 is 0 Å². The zero-order valence-electron chi connectivity index (χ0n) is 9.27. The highest BCUT2D eigenvalue weighted by Crippen LogP contribution is 2.44. The maximum atomic E-state index is 5.90. The van der Waals surface area contributed by atoms with E-state index in [4.69, 9.17) is 4.74 Å². The first kappa shape index (κ1) is 10.2. The van der Waals surface area contributed by atoms with Gasteiger partial charge >= 0.3 is 0 Å². The second-order valence-electron chi connectivity index (χ2n) is 4.17. The molecule has 0 amide bonds. The van der Waals surface area contributed by atoms with Gasteiger partial charge in [-0.1, -0.05) is 42.5 Å². The molecule has 3 rings (SSSR count). The topological polar surface area (TPSA) is 9.23 Å². The monoisotopic (exact) mass is 230 g/mol. The average molecular weight is 230 g/mol. The molecule has 0 radical (unpaired) electrons. The summed E-state index contributed by atoms with van der Waals surface area (Å²) in [5.41, 5.74) is 1.30. The number of fused-ring (bicyclic) bond motifs is 1. The lowest BCUT2D eigenvalue weighted by Crippen LogP contribution is -2.16. The van der Waals surface area contributed by atoms with E-state index in [1.807, 2.05) is 11.8 Å². The number of hydrogen-bond donors (Lipinski definition) is 0. The Morgan fingerprint density at radius 3 is 2.75 bits per heavy atom. The molecule has 1 fully saturated rings. The molecule has 1 nitrogen and oxygen atoms in total. The fourth-order valence-electron chi connectivity index (χ4n) is 2.29. The van der Waals surface area contributed by atoms with Crippen molar-refractivity contribution in [3.05, 3.63) is 48.0 Å². The molecule has 2 aromatic rings. The van der Waals surface area contributed by atoms with Crippen LogP contribution in [-0.2, 0) is 9.67 Å². The highest BCUT2D eigenvalue weighted by atomic mass is 32.2. The van der Waals surface area contributed by atoms with Gasteiger partial charge in [-0.2, -0.15) is 0 Å². The van der Waals surface area contributed by atoms with Gasteiger partial charge in [0, 0.05) is 11.3 Å². The molecular weight excluding hydrogens is 216 g/mol. The van der Waals surface area contributed by atoms with Gasteiger partial charge in [-0.05, 0) is 17.7 Å². The minimum absolute atomic E-state index is 0.166. The molecule has 1 aliphatic heterocycles. The zero-order chi connectivity index (χ0) is 11.0. The van der Waals surface area contributed by atoms with E-state index in [0.29, 0.717) is 0 Å². The highest BCUT2D eigenvalue weighted by molar-refractivity contribution is 8.00. The van der Waals surface area contributed by atoms with Crippen LogP contribution in [0.3, 0.4) is 0 Å². The van der Waals surface area contributed by atoms with E-state index in [2.05, 4.69) is 49.4 Å². The lowest BCUT2D eigenvalue weighted by molar-refractivity contribution is 0.0655. The molecule has 1 unspecified atom stereocenters. The minimum Gasteiger partial charge on any atom is -0.359 e. The maximum absolute atomic E-state index is 5.90. The lowest BCUT2D eigenvalue weighted by Gasteiger charge is -2.24. The summed E-state index contributed by atoms with van der Waals surface area (Å²) in [7, 11) is 0. The van der Waals surface area contributed by atoms with Crippen LogP contribution in [0.1, 0.15) is 12.5 Å². The predicted octanol–water partition coefficient (Wildman–Crippen LogP) is 3.78. The van der Waals surface area contributed by atoms with Crippen molar-refractivity contribution in [1.29, 1.82) is 0 Å². The van der Waals surface area contributed by atoms with Gasteiger partial charge in [0.25, 0.3) is 0 Å². The van der Waals surface area contributed by atoms with Crippen LogP contribution in [0.4, 0.5) is 0 Å². The van der Waals surface area contributed by atoms with Gasteiger partial charge in [-0.3, -0.25) is 0 Å². The molecule has 2 heteroatoms. The number of benzene rings is 2. The summed E-state index contributed by atoms with van der Waals surface area (Å²) in [6, 6.07) is 15.0. The normalized spacial score (nSPS) is 25.1. The van der Waals surface area contributed by atoms with Crippen molar-refractivity contribution in [2.75, 3.05) is 12.4 Å². The van der Waals surface area contributed by atoms with E-state index in [1.54, 1.807) is 0 Å². The quantitative estimate of drug-likeness (QED) is 0.737. The van der Waals surface area contributed by atoms with Gasteiger partial charge in [0.2, 0.25) is 0 Å². The second kappa shape index (κ2) is 3.79. The van der Waals surface area contributed by atoms with Crippen molar-refractivity contribution in [1.82, 2.24) is 0 Å². The van der Waals surface area contributed by atoms with Crippen LogP contribution in [-0.4, -0.2) is 12.4 Å². The summed E-state index contributed by atoms with van der Waals surface area (Å²) in [5, 5.41) is 2.60. The Labute approximate surface area is 99.8 Å². The summed E-state index contributed by atoms with van der Waals surface area (Å²) in [5.74, 6) is 1.08. The Kier molecular flexibility index (Phi) is 2.41. The van der Waals surface area contributed by atoms with E-state index < -0.39 is 0 Å². The van der Waals surface area contributed by atoms with E-state index in [-0.39, 0.29) is 4.93 Å². The van der Waals surface area contributed by atoms with Crippen LogP contribution in [0.2, 0.25) is 0 Å². The van der Waals surface area contributed by atoms with E-state index in [0.717, 1.165) is 12.4 Å². The number of hydrogen-bond acceptors (Lipinski definition) is 2. The van der Waals surface area contributed by atoms with Crippen molar-refractivity contribution in [3.8, 4) is 0 Å². The fourth-order valence-corrected chi connectivity index (χ4v) is 3.35. The Bertz CT molecular complexity index is 510. The van der Waals surface area contributed by atoms with Gasteiger partial charge in [-0.25, -0.2) is 0 Å². The van der Waals surface area contributed by atoms with Gasteiger partial charge in [0.15, 0.2) is 0 Å². The molecule has 0 aromatic heterocycles. The minimum atomic E-state index is -0.166. The molecule has 1 aliphatic rings. The third-order valence-electron chi connectivity index (χ3n) is 3.12. The largest absolute Gasteiger partial charge is 0.359 e. The van der Waals surface area contributed by atoms with Gasteiger partial charge < -0.3 is 4.74 Å². The molecule has 0 spiro atoms. The molecule has 2 aromatic carbocycles. The predicted molar refractivity (Wildman–Crippen MR) is 69.7 cm³/mol. The number of rotatable bonds is 1. The van der Waals surface area contributed by atoms with Crippen molar-refractivity contribution in [3.63, 3.8) is 0 Å². The first-order valence-corrected chi connectivity index (χ1v) is 6.54. The molecule has 0 bridgehead atoms. The molecule has 0 aliphatic carbocycles. The van der Waals surface area contributed by atoms with Crippen molar-refractivity contribution >= 4 is 22.5 Å². The smallest absolute Gasteiger partial charge is 0.137 e. The third-order valence-corrected chi connectivity index (χ3v) is 4.38. The molecule has 0 N–H and O–H groups in total. The van der Waals surface area contributed by atoms with Crippen LogP contribution in [0.25, 0.3) is 10.8 Å². The molecule has 1 atom stereocenters. The van der Waals surface area contributed by atoms with E-state index >= 15 is 0 Å². The van der Waals surface area contributed by atoms with Gasteiger partial charge in [0.05, 0.1) is 6.61 Å². The molecule has 82 valence electrons. The summed E-state index contributed by atoms with van der Waals surface area (Å²) in [4.78, 5) is -0.166. The molecule has 1 saturated heterocycles. The Morgan fingerprint density at radius 2 is 1.94 bits per heavy atom. The fraction of sp³-hybridized carbons (Fsp3) is 0.286. The SMILES string of the molecule is CC1(c2cccc3ccccc23)OCCS1. The van der Waals surface area contributed by atoms with Crippen molar-refractivity contribution in [2.45, 2.75) is 11.9 Å². The van der Waals surface area contributed by atoms with Crippen LogP contribution in [0.15, 0.2) is 42.5 Å². The lowest BCUT2D eigenvalue weighted by atomic mass is 10.0. The Balaban J connectivity index is 2.23. The van der Waals surface area contributed by atoms with E-state index in [9.17, 15) is 0 Å². The summed E-state index contributed by atoms with van der Waals surface area (Å²) < 4.78 is 5.90. The number of ether oxygens (including phenoxy) is 1. The molecule has 16 heavy (non-hydrogen) atoms. The molecule has 0 saturated carbocycles. The van der Waals surface area contributed by atoms with Gasteiger partial charge in [-0.15, -0.1) is 11.8 Å². The third kappa shape index (κ3) is 1.53.